The van der Waals surface area contributed by atoms with E-state index in [4.69, 9.17) is 4.74 Å². The summed E-state index contributed by atoms with van der Waals surface area (Å²) in [4.78, 5) is 2.60. The van der Waals surface area contributed by atoms with Crippen LogP contribution in [0.5, 0.6) is 0 Å². The van der Waals surface area contributed by atoms with Crippen molar-refractivity contribution in [2.24, 2.45) is 11.3 Å². The van der Waals surface area contributed by atoms with E-state index in [0.717, 1.165) is 31.7 Å². The number of hydrogen-bond acceptors (Lipinski definition) is 3. The summed E-state index contributed by atoms with van der Waals surface area (Å²) >= 11 is 0. The molecular weight excluding hydrogens is 260 g/mol. The molecule has 0 radical (unpaired) electrons. The maximum Gasteiger partial charge on any atom is 0.0468 e. The molecule has 0 aromatic rings. The molecule has 0 unspecified atom stereocenters. The van der Waals surface area contributed by atoms with Crippen LogP contribution in [0.4, 0.5) is 0 Å². The van der Waals surface area contributed by atoms with Crippen LogP contribution in [0.1, 0.15) is 59.8 Å². The standard InChI is InChI=1S/C18H36N2O/c1-15(2)20-9-5-17(6-10-20)19-14-18(3,4)13-16-7-11-21-12-8-16/h15-17,19H,5-14H2,1-4H3. The van der Waals surface area contributed by atoms with Gasteiger partial charge in [0.15, 0.2) is 0 Å². The first-order valence-electron chi connectivity index (χ1n) is 9.01. The molecule has 0 saturated carbocycles. The minimum atomic E-state index is 0.414. The van der Waals surface area contributed by atoms with E-state index in [2.05, 4.69) is 37.9 Å². The van der Waals surface area contributed by atoms with Gasteiger partial charge in [-0.05, 0) is 70.4 Å². The largest absolute Gasteiger partial charge is 0.381 e. The van der Waals surface area contributed by atoms with Crippen molar-refractivity contribution >= 4 is 0 Å². The third-order valence-corrected chi connectivity index (χ3v) is 5.31. The fourth-order valence-corrected chi connectivity index (χ4v) is 3.84. The highest BCUT2D eigenvalue weighted by Crippen LogP contribution is 2.30. The Hall–Kier alpha value is -0.120. The zero-order valence-corrected chi connectivity index (χ0v) is 14.7. The smallest absolute Gasteiger partial charge is 0.0468 e. The summed E-state index contributed by atoms with van der Waals surface area (Å²) in [5, 5.41) is 3.85. The lowest BCUT2D eigenvalue weighted by Gasteiger charge is -2.37. The second-order valence-corrected chi connectivity index (χ2v) is 8.21. The third-order valence-electron chi connectivity index (χ3n) is 5.31. The van der Waals surface area contributed by atoms with Crippen LogP contribution >= 0.6 is 0 Å². The molecule has 3 heteroatoms. The number of nitrogens with zero attached hydrogens (tertiary/aromatic N) is 1. The lowest BCUT2D eigenvalue weighted by Crippen LogP contribution is -2.47. The van der Waals surface area contributed by atoms with Gasteiger partial charge >= 0.3 is 0 Å². The first kappa shape index (κ1) is 17.2. The molecule has 1 N–H and O–H groups in total. The van der Waals surface area contributed by atoms with Crippen molar-refractivity contribution in [3.05, 3.63) is 0 Å². The van der Waals surface area contributed by atoms with Crippen LogP contribution < -0.4 is 5.32 Å². The molecule has 0 aromatic carbocycles. The number of likely N-dealkylation sites (tertiary alicyclic amines) is 1. The number of ether oxygens (including phenoxy) is 1. The van der Waals surface area contributed by atoms with Gasteiger partial charge in [-0.3, -0.25) is 0 Å². The molecule has 0 spiro atoms. The summed E-state index contributed by atoms with van der Waals surface area (Å²) in [6, 6.07) is 1.44. The topological polar surface area (TPSA) is 24.5 Å². The van der Waals surface area contributed by atoms with Gasteiger partial charge in [0, 0.05) is 31.8 Å². The molecule has 2 rings (SSSR count). The van der Waals surface area contributed by atoms with E-state index < -0.39 is 0 Å². The molecule has 3 nitrogen and oxygen atoms in total. The summed E-state index contributed by atoms with van der Waals surface area (Å²) in [5.41, 5.74) is 0.414. The third kappa shape index (κ3) is 5.88. The van der Waals surface area contributed by atoms with Gasteiger partial charge in [0.25, 0.3) is 0 Å². The number of rotatable bonds is 6. The Bertz CT molecular complexity index is 290. The van der Waals surface area contributed by atoms with Crippen LogP contribution in [-0.2, 0) is 4.74 Å². The number of nitrogens with one attached hydrogen (secondary N) is 1. The van der Waals surface area contributed by atoms with Crippen molar-refractivity contribution in [3.8, 4) is 0 Å². The maximum atomic E-state index is 5.48. The highest BCUT2D eigenvalue weighted by atomic mass is 16.5. The Morgan fingerprint density at radius 3 is 2.29 bits per heavy atom. The molecule has 2 saturated heterocycles. The first-order chi connectivity index (χ1) is 9.96. The molecular formula is C18H36N2O. The second-order valence-electron chi connectivity index (χ2n) is 8.21. The van der Waals surface area contributed by atoms with Crippen molar-refractivity contribution < 1.29 is 4.74 Å². The highest BCUT2D eigenvalue weighted by Gasteiger charge is 2.27. The minimum Gasteiger partial charge on any atom is -0.381 e. The van der Waals surface area contributed by atoms with Gasteiger partial charge in [-0.1, -0.05) is 13.8 Å². The molecule has 0 aromatic heterocycles. The molecule has 0 atom stereocenters. The first-order valence-corrected chi connectivity index (χ1v) is 9.01. The van der Waals surface area contributed by atoms with Crippen LogP contribution in [0.15, 0.2) is 0 Å². The van der Waals surface area contributed by atoms with Crippen LogP contribution in [0.25, 0.3) is 0 Å². The predicted octanol–water partition coefficient (Wildman–Crippen LogP) is 3.29. The van der Waals surface area contributed by atoms with E-state index in [0.29, 0.717) is 11.5 Å². The summed E-state index contributed by atoms with van der Waals surface area (Å²) in [7, 11) is 0. The van der Waals surface area contributed by atoms with Crippen molar-refractivity contribution in [3.63, 3.8) is 0 Å². The minimum absolute atomic E-state index is 0.414. The zero-order chi connectivity index (χ0) is 15.3. The van der Waals surface area contributed by atoms with E-state index in [-0.39, 0.29) is 0 Å². The quantitative estimate of drug-likeness (QED) is 0.814. The van der Waals surface area contributed by atoms with Gasteiger partial charge in [-0.15, -0.1) is 0 Å². The van der Waals surface area contributed by atoms with Crippen LogP contribution in [0, 0.1) is 11.3 Å². The highest BCUT2D eigenvalue weighted by molar-refractivity contribution is 4.83. The molecule has 2 aliphatic heterocycles. The van der Waals surface area contributed by atoms with Gasteiger partial charge in [0.1, 0.15) is 0 Å². The summed E-state index contributed by atoms with van der Waals surface area (Å²) < 4.78 is 5.48. The molecule has 0 aliphatic carbocycles. The Balaban J connectivity index is 1.67. The van der Waals surface area contributed by atoms with Crippen molar-refractivity contribution in [1.82, 2.24) is 10.2 Å². The molecule has 0 bridgehead atoms. The van der Waals surface area contributed by atoms with Crippen molar-refractivity contribution in [2.75, 3.05) is 32.8 Å². The zero-order valence-electron chi connectivity index (χ0n) is 14.7. The number of hydrogen-bond donors (Lipinski definition) is 1. The SMILES string of the molecule is CC(C)N1CCC(NCC(C)(C)CC2CCOCC2)CC1. The Labute approximate surface area is 131 Å². The van der Waals surface area contributed by atoms with Crippen LogP contribution in [0.2, 0.25) is 0 Å². The van der Waals surface area contributed by atoms with Gasteiger partial charge in [-0.2, -0.15) is 0 Å². The van der Waals surface area contributed by atoms with Gasteiger partial charge in [-0.25, -0.2) is 0 Å². The Kier molecular flexibility index (Phi) is 6.51. The molecule has 2 aliphatic rings. The summed E-state index contributed by atoms with van der Waals surface area (Å²) in [6.45, 7) is 15.1. The monoisotopic (exact) mass is 296 g/mol. The molecule has 0 amide bonds. The fourth-order valence-electron chi connectivity index (χ4n) is 3.84. The van der Waals surface area contributed by atoms with E-state index in [1.807, 2.05) is 0 Å². The number of piperidine rings is 1. The fraction of sp³-hybridized carbons (Fsp3) is 1.00. The molecule has 2 heterocycles. The van der Waals surface area contributed by atoms with Gasteiger partial charge in [0.2, 0.25) is 0 Å². The van der Waals surface area contributed by atoms with Crippen LogP contribution in [0.3, 0.4) is 0 Å². The van der Waals surface area contributed by atoms with E-state index in [9.17, 15) is 0 Å². The van der Waals surface area contributed by atoms with Gasteiger partial charge in [0.05, 0.1) is 0 Å². The molecule has 2 fully saturated rings. The van der Waals surface area contributed by atoms with E-state index in [1.54, 1.807) is 0 Å². The molecule has 21 heavy (non-hydrogen) atoms. The Morgan fingerprint density at radius 1 is 1.10 bits per heavy atom. The van der Waals surface area contributed by atoms with E-state index in [1.165, 1.54) is 45.2 Å². The average Bonchev–Trinajstić information content (AvgIpc) is 2.46. The average molecular weight is 296 g/mol. The lowest BCUT2D eigenvalue weighted by molar-refractivity contribution is 0.0503. The summed E-state index contributed by atoms with van der Waals surface area (Å²) in [6.07, 6.45) is 6.48. The second kappa shape index (κ2) is 7.94. The van der Waals surface area contributed by atoms with Crippen molar-refractivity contribution in [1.29, 1.82) is 0 Å². The maximum absolute atomic E-state index is 5.48. The van der Waals surface area contributed by atoms with Crippen molar-refractivity contribution in [2.45, 2.75) is 71.9 Å². The predicted molar refractivity (Wildman–Crippen MR) is 89.7 cm³/mol. The summed E-state index contributed by atoms with van der Waals surface area (Å²) in [5.74, 6) is 0.873. The molecule has 124 valence electrons. The lowest BCUT2D eigenvalue weighted by atomic mass is 9.79. The Morgan fingerprint density at radius 2 is 1.71 bits per heavy atom. The van der Waals surface area contributed by atoms with Crippen LogP contribution in [-0.4, -0.2) is 49.8 Å². The van der Waals surface area contributed by atoms with Gasteiger partial charge < -0.3 is 15.0 Å². The normalized spacial score (nSPS) is 23.9. The van der Waals surface area contributed by atoms with E-state index >= 15 is 0 Å².